The number of alkyl halides is 3. The van der Waals surface area contributed by atoms with Gasteiger partial charge in [-0.15, -0.1) is 0 Å². The van der Waals surface area contributed by atoms with E-state index in [1.54, 1.807) is 12.1 Å². The number of carbonyl (C=O) groups excluding carboxylic acids is 1. The lowest BCUT2D eigenvalue weighted by Crippen LogP contribution is -2.28. The number of rotatable bonds is 3. The number of ketones is 1. The first-order valence-electron chi connectivity index (χ1n) is 5.38. The molecule has 0 spiro atoms. The highest BCUT2D eigenvalue weighted by molar-refractivity contribution is 5.92. The molecule has 0 fully saturated rings. The number of nitrogens with zero attached hydrogens (tertiary/aromatic N) is 1. The molecule has 5 heteroatoms. The number of nitriles is 1. The van der Waals surface area contributed by atoms with Crippen LogP contribution >= 0.6 is 0 Å². The van der Waals surface area contributed by atoms with Crippen molar-refractivity contribution in [3.8, 4) is 6.07 Å². The lowest BCUT2D eigenvalue weighted by atomic mass is 9.93. The molecule has 0 radical (unpaired) electrons. The summed E-state index contributed by atoms with van der Waals surface area (Å²) in [7, 11) is 0. The van der Waals surface area contributed by atoms with Crippen molar-refractivity contribution < 1.29 is 18.0 Å². The van der Waals surface area contributed by atoms with Crippen LogP contribution in [-0.2, 0) is 4.79 Å². The Kier molecular flexibility index (Phi) is 4.12. The molecule has 18 heavy (non-hydrogen) atoms. The summed E-state index contributed by atoms with van der Waals surface area (Å²) >= 11 is 0. The summed E-state index contributed by atoms with van der Waals surface area (Å²) in [6, 6.07) is 7.46. The summed E-state index contributed by atoms with van der Waals surface area (Å²) in [6.07, 6.45) is -4.99. The minimum absolute atomic E-state index is 0.0734. The standard InChI is InChI=1S/C13H12F3NO/c1-8(2)9-3-5-10(6-4-9)11(7-17)12(18)13(14,15)16/h3-6,8,11H,1-2H3. The first-order chi connectivity index (χ1) is 8.27. The highest BCUT2D eigenvalue weighted by Crippen LogP contribution is 2.28. The second-order valence-electron chi connectivity index (χ2n) is 4.25. The second kappa shape index (κ2) is 5.21. The van der Waals surface area contributed by atoms with E-state index in [2.05, 4.69) is 0 Å². The van der Waals surface area contributed by atoms with Crippen molar-refractivity contribution in [3.05, 3.63) is 35.4 Å². The lowest BCUT2D eigenvalue weighted by Gasteiger charge is -2.12. The van der Waals surface area contributed by atoms with E-state index < -0.39 is 17.9 Å². The van der Waals surface area contributed by atoms with Crippen molar-refractivity contribution in [3.63, 3.8) is 0 Å². The van der Waals surface area contributed by atoms with E-state index in [-0.39, 0.29) is 11.5 Å². The molecule has 1 aromatic carbocycles. The molecule has 1 aromatic rings. The van der Waals surface area contributed by atoms with Crippen molar-refractivity contribution in [2.45, 2.75) is 31.9 Å². The van der Waals surface area contributed by atoms with Gasteiger partial charge in [-0.2, -0.15) is 18.4 Å². The van der Waals surface area contributed by atoms with E-state index in [1.165, 1.54) is 18.2 Å². The maximum Gasteiger partial charge on any atom is 0.451 e. The number of hydrogen-bond acceptors (Lipinski definition) is 2. The average Bonchev–Trinajstić information content (AvgIpc) is 2.29. The van der Waals surface area contributed by atoms with Gasteiger partial charge in [-0.05, 0) is 17.0 Å². The third kappa shape index (κ3) is 3.10. The molecule has 1 unspecified atom stereocenters. The Bertz CT molecular complexity index is 468. The van der Waals surface area contributed by atoms with Gasteiger partial charge < -0.3 is 0 Å². The smallest absolute Gasteiger partial charge is 0.288 e. The molecular weight excluding hydrogens is 243 g/mol. The predicted octanol–water partition coefficient (Wildman–Crippen LogP) is 3.55. The van der Waals surface area contributed by atoms with Crippen LogP contribution in [-0.4, -0.2) is 12.0 Å². The Balaban J connectivity index is 3.05. The predicted molar refractivity (Wildman–Crippen MR) is 59.9 cm³/mol. The van der Waals surface area contributed by atoms with Gasteiger partial charge in [0.15, 0.2) is 0 Å². The summed E-state index contributed by atoms with van der Waals surface area (Å²) < 4.78 is 36.8. The maximum atomic E-state index is 12.3. The van der Waals surface area contributed by atoms with Gasteiger partial charge in [0.05, 0.1) is 6.07 Å². The Hall–Kier alpha value is -1.83. The first kappa shape index (κ1) is 14.2. The van der Waals surface area contributed by atoms with Crippen LogP contribution in [0.15, 0.2) is 24.3 Å². The van der Waals surface area contributed by atoms with Crippen LogP contribution in [0.3, 0.4) is 0 Å². The number of benzene rings is 1. The van der Waals surface area contributed by atoms with E-state index in [0.717, 1.165) is 5.56 Å². The molecule has 1 rings (SSSR count). The van der Waals surface area contributed by atoms with Crippen LogP contribution in [0, 0.1) is 11.3 Å². The van der Waals surface area contributed by atoms with Gasteiger partial charge in [-0.3, -0.25) is 4.79 Å². The molecule has 1 atom stereocenters. The molecule has 96 valence electrons. The van der Waals surface area contributed by atoms with Gasteiger partial charge in [-0.1, -0.05) is 38.1 Å². The molecule has 0 saturated carbocycles. The maximum absolute atomic E-state index is 12.3. The zero-order valence-electron chi connectivity index (χ0n) is 9.95. The third-order valence-corrected chi connectivity index (χ3v) is 2.61. The summed E-state index contributed by atoms with van der Waals surface area (Å²) in [4.78, 5) is 11.1. The molecule has 0 aliphatic carbocycles. The zero-order chi connectivity index (χ0) is 13.9. The average molecular weight is 255 g/mol. The molecule has 0 amide bonds. The molecule has 0 aliphatic heterocycles. The number of Topliss-reactive ketones (excluding diaryl/α,β-unsaturated/α-hetero) is 1. The van der Waals surface area contributed by atoms with Gasteiger partial charge in [-0.25, -0.2) is 0 Å². The van der Waals surface area contributed by atoms with Gasteiger partial charge in [0.25, 0.3) is 5.78 Å². The molecular formula is C13H12F3NO. The van der Waals surface area contributed by atoms with Gasteiger partial charge in [0.2, 0.25) is 0 Å². The monoisotopic (exact) mass is 255 g/mol. The minimum atomic E-state index is -4.99. The van der Waals surface area contributed by atoms with Gasteiger partial charge >= 0.3 is 6.18 Å². The van der Waals surface area contributed by atoms with Gasteiger partial charge in [0.1, 0.15) is 5.92 Å². The van der Waals surface area contributed by atoms with Crippen LogP contribution in [0.4, 0.5) is 13.2 Å². The SMILES string of the molecule is CC(C)c1ccc(C(C#N)C(=O)C(F)(F)F)cc1. The summed E-state index contributed by atoms with van der Waals surface area (Å²) in [5.74, 6) is -3.58. The van der Waals surface area contributed by atoms with Crippen molar-refractivity contribution in [1.82, 2.24) is 0 Å². The summed E-state index contributed by atoms with van der Waals surface area (Å²) in [6.45, 7) is 3.88. The molecule has 2 nitrogen and oxygen atoms in total. The molecule has 0 heterocycles. The number of carbonyl (C=O) groups is 1. The van der Waals surface area contributed by atoms with E-state index >= 15 is 0 Å². The van der Waals surface area contributed by atoms with Crippen molar-refractivity contribution >= 4 is 5.78 Å². The number of halogens is 3. The van der Waals surface area contributed by atoms with Crippen LogP contribution in [0.1, 0.15) is 36.8 Å². The molecule has 0 aromatic heterocycles. The van der Waals surface area contributed by atoms with E-state index in [9.17, 15) is 18.0 Å². The fraction of sp³-hybridized carbons (Fsp3) is 0.385. The van der Waals surface area contributed by atoms with Crippen molar-refractivity contribution in [2.75, 3.05) is 0 Å². The van der Waals surface area contributed by atoms with Crippen molar-refractivity contribution in [1.29, 1.82) is 5.26 Å². The van der Waals surface area contributed by atoms with E-state index in [1.807, 2.05) is 13.8 Å². The minimum Gasteiger partial charge on any atom is -0.288 e. The third-order valence-electron chi connectivity index (χ3n) is 2.61. The van der Waals surface area contributed by atoms with Crippen LogP contribution in [0.5, 0.6) is 0 Å². The summed E-state index contributed by atoms with van der Waals surface area (Å²) in [5, 5.41) is 8.72. The first-order valence-corrected chi connectivity index (χ1v) is 5.38. The van der Waals surface area contributed by atoms with Crippen LogP contribution in [0.25, 0.3) is 0 Å². The molecule has 0 aliphatic rings. The van der Waals surface area contributed by atoms with E-state index in [4.69, 9.17) is 5.26 Å². The Labute approximate surface area is 103 Å². The lowest BCUT2D eigenvalue weighted by molar-refractivity contribution is -0.171. The topological polar surface area (TPSA) is 40.9 Å². The molecule has 0 saturated heterocycles. The van der Waals surface area contributed by atoms with Crippen LogP contribution in [0.2, 0.25) is 0 Å². The fourth-order valence-electron chi connectivity index (χ4n) is 1.52. The Morgan fingerprint density at radius 1 is 1.17 bits per heavy atom. The largest absolute Gasteiger partial charge is 0.451 e. The quantitative estimate of drug-likeness (QED) is 0.828. The van der Waals surface area contributed by atoms with E-state index in [0.29, 0.717) is 0 Å². The Morgan fingerprint density at radius 2 is 1.61 bits per heavy atom. The van der Waals surface area contributed by atoms with Gasteiger partial charge in [0, 0.05) is 0 Å². The second-order valence-corrected chi connectivity index (χ2v) is 4.25. The molecule has 0 N–H and O–H groups in total. The highest BCUT2D eigenvalue weighted by atomic mass is 19.4. The fourth-order valence-corrected chi connectivity index (χ4v) is 1.52. The van der Waals surface area contributed by atoms with Crippen LogP contribution < -0.4 is 0 Å². The Morgan fingerprint density at radius 3 is 1.94 bits per heavy atom. The van der Waals surface area contributed by atoms with Crippen molar-refractivity contribution in [2.24, 2.45) is 0 Å². The zero-order valence-corrected chi connectivity index (χ0v) is 9.95. The highest BCUT2D eigenvalue weighted by Gasteiger charge is 2.44. The molecule has 0 bridgehead atoms. The number of hydrogen-bond donors (Lipinski definition) is 0. The normalized spacial score (nSPS) is 13.2. The summed E-state index contributed by atoms with van der Waals surface area (Å²) in [5.41, 5.74) is 1.01.